The highest BCUT2D eigenvalue weighted by atomic mass is 16.2. The Morgan fingerprint density at radius 3 is 2.32 bits per heavy atom. The van der Waals surface area contributed by atoms with Gasteiger partial charge in [0.1, 0.15) is 5.69 Å². The van der Waals surface area contributed by atoms with E-state index < -0.39 is 0 Å². The molecule has 2 rings (SSSR count). The van der Waals surface area contributed by atoms with Crippen molar-refractivity contribution in [2.45, 2.75) is 20.8 Å². The Labute approximate surface area is 110 Å². The molecule has 2 aromatic rings. The second kappa shape index (κ2) is 5.06. The monoisotopic (exact) mass is 257 g/mol. The smallest absolute Gasteiger partial charge is 0.276 e. The molecule has 0 aliphatic rings. The van der Waals surface area contributed by atoms with E-state index in [4.69, 9.17) is 0 Å². The predicted molar refractivity (Wildman–Crippen MR) is 73.5 cm³/mol. The number of carbonyl (C=O) groups is 1. The first-order valence-electron chi connectivity index (χ1n) is 5.92. The van der Waals surface area contributed by atoms with Crippen molar-refractivity contribution < 1.29 is 4.79 Å². The van der Waals surface area contributed by atoms with Gasteiger partial charge in [-0.05, 0) is 38.0 Å². The largest absolute Gasteiger partial charge is 0.320 e. The van der Waals surface area contributed by atoms with Crippen LogP contribution in [0.2, 0.25) is 0 Å². The summed E-state index contributed by atoms with van der Waals surface area (Å²) < 4.78 is 0. The molecular weight excluding hydrogens is 242 g/mol. The van der Waals surface area contributed by atoms with Crippen molar-refractivity contribution >= 4 is 11.6 Å². The van der Waals surface area contributed by atoms with Gasteiger partial charge in [0.05, 0.1) is 0 Å². The molecule has 0 saturated carbocycles. The molecule has 0 aliphatic heterocycles. The second-order valence-electron chi connectivity index (χ2n) is 4.53. The van der Waals surface area contributed by atoms with Crippen molar-refractivity contribution in [3.8, 4) is 0 Å². The number of benzene rings is 1. The van der Waals surface area contributed by atoms with E-state index in [9.17, 15) is 9.59 Å². The van der Waals surface area contributed by atoms with E-state index >= 15 is 0 Å². The van der Waals surface area contributed by atoms with Crippen molar-refractivity contribution in [3.63, 3.8) is 0 Å². The molecule has 1 amide bonds. The summed E-state index contributed by atoms with van der Waals surface area (Å²) in [5.41, 5.74) is 3.77. The van der Waals surface area contributed by atoms with Crippen LogP contribution in [0.1, 0.15) is 27.2 Å². The number of aromatic nitrogens is 2. The van der Waals surface area contributed by atoms with E-state index in [1.807, 2.05) is 32.9 Å². The molecule has 5 nitrogen and oxygen atoms in total. The highest BCUT2D eigenvalue weighted by Gasteiger charge is 2.11. The Hall–Kier alpha value is -2.43. The van der Waals surface area contributed by atoms with Gasteiger partial charge in [0.15, 0.2) is 0 Å². The van der Waals surface area contributed by atoms with Gasteiger partial charge in [-0.15, -0.1) is 0 Å². The SMILES string of the molecule is Cc1cc(C)c(NC(=O)c2ccc(=O)[nH]n2)c(C)c1. The lowest BCUT2D eigenvalue weighted by Gasteiger charge is -2.12. The number of amides is 1. The normalized spacial score (nSPS) is 10.3. The number of carbonyl (C=O) groups excluding carboxylic acids is 1. The molecule has 0 bridgehead atoms. The Bertz CT molecular complexity index is 646. The van der Waals surface area contributed by atoms with Gasteiger partial charge in [-0.2, -0.15) is 5.10 Å². The first-order valence-corrected chi connectivity index (χ1v) is 5.92. The maximum absolute atomic E-state index is 12.0. The number of hydrogen-bond donors (Lipinski definition) is 2. The number of aromatic amines is 1. The zero-order valence-electron chi connectivity index (χ0n) is 11.1. The number of H-pyrrole nitrogens is 1. The average molecular weight is 257 g/mol. The van der Waals surface area contributed by atoms with Crippen LogP contribution >= 0.6 is 0 Å². The standard InChI is InChI=1S/C14H15N3O2/c1-8-6-9(2)13(10(3)7-8)15-14(19)11-4-5-12(18)17-16-11/h4-7H,1-3H3,(H,15,19)(H,17,18). The van der Waals surface area contributed by atoms with Crippen LogP contribution in [0, 0.1) is 20.8 Å². The molecule has 98 valence electrons. The Morgan fingerprint density at radius 1 is 1.16 bits per heavy atom. The molecule has 2 N–H and O–H groups in total. The Kier molecular flexibility index (Phi) is 3.46. The zero-order chi connectivity index (χ0) is 14.0. The maximum Gasteiger partial charge on any atom is 0.276 e. The van der Waals surface area contributed by atoms with Crippen molar-refractivity contribution in [1.29, 1.82) is 0 Å². The molecule has 1 aromatic carbocycles. The van der Waals surface area contributed by atoms with Gasteiger partial charge in [-0.25, -0.2) is 5.10 Å². The summed E-state index contributed by atoms with van der Waals surface area (Å²) in [4.78, 5) is 22.9. The van der Waals surface area contributed by atoms with Crippen LogP contribution in [0.5, 0.6) is 0 Å². The minimum Gasteiger partial charge on any atom is -0.320 e. The molecule has 0 unspecified atom stereocenters. The fraction of sp³-hybridized carbons (Fsp3) is 0.214. The number of nitrogens with one attached hydrogen (secondary N) is 2. The maximum atomic E-state index is 12.0. The fourth-order valence-corrected chi connectivity index (χ4v) is 2.03. The molecule has 19 heavy (non-hydrogen) atoms. The molecular formula is C14H15N3O2. The third-order valence-corrected chi connectivity index (χ3v) is 2.83. The van der Waals surface area contributed by atoms with Gasteiger partial charge in [-0.1, -0.05) is 17.7 Å². The molecule has 0 radical (unpaired) electrons. The van der Waals surface area contributed by atoms with E-state index in [2.05, 4.69) is 15.5 Å². The third kappa shape index (κ3) is 2.88. The number of aryl methyl sites for hydroxylation is 3. The molecule has 0 saturated heterocycles. The van der Waals surface area contributed by atoms with Crippen LogP contribution in [0.4, 0.5) is 5.69 Å². The van der Waals surface area contributed by atoms with E-state index in [0.717, 1.165) is 22.4 Å². The first kappa shape index (κ1) is 13.0. The third-order valence-electron chi connectivity index (χ3n) is 2.83. The molecule has 0 spiro atoms. The van der Waals surface area contributed by atoms with Crippen molar-refractivity contribution in [2.24, 2.45) is 0 Å². The number of hydrogen-bond acceptors (Lipinski definition) is 3. The lowest BCUT2D eigenvalue weighted by atomic mass is 10.1. The molecule has 5 heteroatoms. The number of rotatable bonds is 2. The van der Waals surface area contributed by atoms with Crippen LogP contribution in [0.15, 0.2) is 29.1 Å². The van der Waals surface area contributed by atoms with Gasteiger partial charge in [-0.3, -0.25) is 9.59 Å². The summed E-state index contributed by atoms with van der Waals surface area (Å²) in [5, 5.41) is 8.76. The highest BCUT2D eigenvalue weighted by molar-refractivity contribution is 6.03. The van der Waals surface area contributed by atoms with Crippen molar-refractivity contribution in [2.75, 3.05) is 5.32 Å². The number of nitrogens with zero attached hydrogens (tertiary/aromatic N) is 1. The summed E-state index contributed by atoms with van der Waals surface area (Å²) in [5.74, 6) is -0.341. The van der Waals surface area contributed by atoms with Crippen LogP contribution in [-0.2, 0) is 0 Å². The van der Waals surface area contributed by atoms with Gasteiger partial charge in [0.25, 0.3) is 11.5 Å². The molecule has 1 aromatic heterocycles. The summed E-state index contributed by atoms with van der Waals surface area (Å²) in [6.45, 7) is 5.89. The average Bonchev–Trinajstić information content (AvgIpc) is 2.34. The molecule has 0 atom stereocenters. The Balaban J connectivity index is 2.29. The number of anilines is 1. The van der Waals surface area contributed by atoms with Gasteiger partial charge in [0.2, 0.25) is 0 Å². The lowest BCUT2D eigenvalue weighted by Crippen LogP contribution is -2.18. The van der Waals surface area contributed by atoms with Crippen LogP contribution in [0.3, 0.4) is 0 Å². The van der Waals surface area contributed by atoms with Crippen molar-refractivity contribution in [1.82, 2.24) is 10.2 Å². The second-order valence-corrected chi connectivity index (χ2v) is 4.53. The van der Waals surface area contributed by atoms with E-state index in [-0.39, 0.29) is 17.2 Å². The minimum atomic E-state index is -0.341. The van der Waals surface area contributed by atoms with Gasteiger partial charge >= 0.3 is 0 Å². The summed E-state index contributed by atoms with van der Waals surface area (Å²) in [7, 11) is 0. The summed E-state index contributed by atoms with van der Waals surface area (Å²) >= 11 is 0. The first-order chi connectivity index (χ1) is 8.97. The van der Waals surface area contributed by atoms with Gasteiger partial charge in [0, 0.05) is 11.8 Å². The summed E-state index contributed by atoms with van der Waals surface area (Å²) in [6, 6.07) is 6.68. The van der Waals surface area contributed by atoms with Crippen molar-refractivity contribution in [3.05, 3.63) is 57.0 Å². The van der Waals surface area contributed by atoms with E-state index in [0.29, 0.717) is 0 Å². The van der Waals surface area contributed by atoms with E-state index in [1.54, 1.807) is 0 Å². The van der Waals surface area contributed by atoms with Crippen LogP contribution in [-0.4, -0.2) is 16.1 Å². The zero-order valence-corrected chi connectivity index (χ0v) is 11.1. The van der Waals surface area contributed by atoms with Gasteiger partial charge < -0.3 is 5.32 Å². The predicted octanol–water partition coefficient (Wildman–Crippen LogP) is 1.95. The Morgan fingerprint density at radius 2 is 1.79 bits per heavy atom. The molecule has 1 heterocycles. The lowest BCUT2D eigenvalue weighted by molar-refractivity contribution is 0.102. The van der Waals surface area contributed by atoms with E-state index in [1.165, 1.54) is 12.1 Å². The van der Waals surface area contributed by atoms with Crippen LogP contribution in [0.25, 0.3) is 0 Å². The summed E-state index contributed by atoms with van der Waals surface area (Å²) in [6.07, 6.45) is 0. The quantitative estimate of drug-likeness (QED) is 0.863. The fourth-order valence-electron chi connectivity index (χ4n) is 2.03. The topological polar surface area (TPSA) is 74.8 Å². The molecule has 0 fully saturated rings. The minimum absolute atomic E-state index is 0.180. The molecule has 0 aliphatic carbocycles. The highest BCUT2D eigenvalue weighted by Crippen LogP contribution is 2.22. The van der Waals surface area contributed by atoms with Crippen LogP contribution < -0.4 is 10.9 Å².